The number of benzene rings is 1. The van der Waals surface area contributed by atoms with Crippen LogP contribution in [0.15, 0.2) is 34.9 Å². The summed E-state index contributed by atoms with van der Waals surface area (Å²) in [5, 5.41) is 7.48. The van der Waals surface area contributed by atoms with E-state index in [0.29, 0.717) is 11.1 Å². The van der Waals surface area contributed by atoms with Crippen molar-refractivity contribution in [2.24, 2.45) is 0 Å². The van der Waals surface area contributed by atoms with E-state index in [4.69, 9.17) is 4.74 Å². The Hall–Kier alpha value is -3.19. The third kappa shape index (κ3) is 5.73. The van der Waals surface area contributed by atoms with Gasteiger partial charge in [0.05, 0.1) is 18.0 Å². The molecule has 168 valence electrons. The predicted octanol–water partition coefficient (Wildman–Crippen LogP) is 2.89. The Kier molecular flexibility index (Phi) is 7.64. The van der Waals surface area contributed by atoms with Gasteiger partial charge in [-0.2, -0.15) is 0 Å². The lowest BCUT2D eigenvalue weighted by molar-refractivity contribution is -0.152. The molecule has 0 aliphatic carbocycles. The van der Waals surface area contributed by atoms with E-state index in [-0.39, 0.29) is 5.75 Å². The topological polar surface area (TPSA) is 110 Å². The number of aromatic nitrogens is 2. The van der Waals surface area contributed by atoms with E-state index >= 15 is 0 Å². The normalized spacial score (nSPS) is 11.8. The van der Waals surface area contributed by atoms with Gasteiger partial charge >= 0.3 is 5.97 Å². The number of ether oxygens (including phenoxy) is 1. The molecule has 0 unspecified atom stereocenters. The minimum Gasteiger partial charge on any atom is -0.452 e. The molecule has 2 aromatic heterocycles. The molecule has 2 heterocycles. The average Bonchev–Trinajstić information content (AvgIpc) is 3.26. The van der Waals surface area contributed by atoms with Crippen molar-refractivity contribution in [1.29, 1.82) is 0 Å². The summed E-state index contributed by atoms with van der Waals surface area (Å²) in [6.07, 6.45) is 0.183. The average molecular weight is 484 g/mol. The van der Waals surface area contributed by atoms with Crippen molar-refractivity contribution >= 4 is 56.8 Å². The zero-order valence-electron chi connectivity index (χ0n) is 16.4. The lowest BCUT2D eigenvalue weighted by atomic mass is 10.2. The molecule has 0 aliphatic heterocycles. The molecular weight excluding hydrogens is 469 g/mol. The molecule has 2 N–H and O–H groups in total. The van der Waals surface area contributed by atoms with E-state index in [0.717, 1.165) is 28.0 Å². The molecule has 8 nitrogen and oxygen atoms in total. The van der Waals surface area contributed by atoms with Gasteiger partial charge in [-0.15, -0.1) is 11.3 Å². The van der Waals surface area contributed by atoms with Gasteiger partial charge in [0.2, 0.25) is 5.91 Å². The first-order chi connectivity index (χ1) is 15.3. The predicted molar refractivity (Wildman–Crippen MR) is 112 cm³/mol. The molecule has 3 rings (SSSR count). The molecule has 0 radical (unpaired) electrons. The number of hydrogen-bond donors (Lipinski definition) is 2. The number of anilines is 1. The maximum absolute atomic E-state index is 13.6. The Labute approximate surface area is 187 Å². The van der Waals surface area contributed by atoms with Crippen molar-refractivity contribution in [2.75, 3.05) is 17.6 Å². The van der Waals surface area contributed by atoms with Gasteiger partial charge in [-0.3, -0.25) is 14.4 Å². The smallest absolute Gasteiger partial charge is 0.317 e. The zero-order chi connectivity index (χ0) is 23.3. The first kappa shape index (κ1) is 23.5. The fourth-order valence-corrected chi connectivity index (χ4v) is 3.98. The van der Waals surface area contributed by atoms with Gasteiger partial charge in [-0.05, 0) is 30.5 Å². The van der Waals surface area contributed by atoms with Crippen molar-refractivity contribution in [3.63, 3.8) is 0 Å². The highest BCUT2D eigenvalue weighted by Gasteiger charge is 2.20. The number of nitrogens with zero attached hydrogens (tertiary/aromatic N) is 2. The summed E-state index contributed by atoms with van der Waals surface area (Å²) in [4.78, 5) is 44.9. The Morgan fingerprint density at radius 1 is 1.16 bits per heavy atom. The Morgan fingerprint density at radius 2 is 1.94 bits per heavy atom. The highest BCUT2D eigenvalue weighted by atomic mass is 32.2. The van der Waals surface area contributed by atoms with Gasteiger partial charge < -0.3 is 15.4 Å². The molecule has 0 saturated carbocycles. The van der Waals surface area contributed by atoms with Crippen LogP contribution in [0.4, 0.5) is 18.9 Å². The number of thiophene rings is 1. The number of thioether (sulfide) groups is 1. The number of nitrogens with one attached hydrogen (secondary N) is 2. The molecule has 1 atom stereocenters. The van der Waals surface area contributed by atoms with Crippen LogP contribution in [-0.4, -0.2) is 46.2 Å². The molecule has 32 heavy (non-hydrogen) atoms. The number of carbonyl (C=O) groups is 3. The molecule has 0 saturated heterocycles. The number of carbonyl (C=O) groups excluding carboxylic acids is 3. The minimum atomic E-state index is -1.73. The van der Waals surface area contributed by atoms with Gasteiger partial charge in [0.25, 0.3) is 5.91 Å². The van der Waals surface area contributed by atoms with E-state index in [9.17, 15) is 27.6 Å². The van der Waals surface area contributed by atoms with Gasteiger partial charge in [-0.25, -0.2) is 23.1 Å². The summed E-state index contributed by atoms with van der Waals surface area (Å²) in [6.45, 7) is 0.706. The third-order valence-corrected chi connectivity index (χ3v) is 5.76. The summed E-state index contributed by atoms with van der Waals surface area (Å²) in [5.74, 6) is -7.13. The van der Waals surface area contributed by atoms with Crippen LogP contribution in [0.1, 0.15) is 6.92 Å². The van der Waals surface area contributed by atoms with Gasteiger partial charge in [0.1, 0.15) is 16.2 Å². The van der Waals surface area contributed by atoms with E-state index < -0.39 is 53.6 Å². The van der Waals surface area contributed by atoms with E-state index in [1.54, 1.807) is 0 Å². The number of esters is 1. The van der Waals surface area contributed by atoms with Crippen molar-refractivity contribution < 1.29 is 32.3 Å². The van der Waals surface area contributed by atoms with Crippen LogP contribution in [0.25, 0.3) is 10.2 Å². The van der Waals surface area contributed by atoms with E-state index in [2.05, 4.69) is 15.3 Å². The first-order valence-corrected chi connectivity index (χ1v) is 10.8. The summed E-state index contributed by atoms with van der Waals surface area (Å²) in [7, 11) is 0. The van der Waals surface area contributed by atoms with Crippen LogP contribution in [0, 0.1) is 17.5 Å². The minimum absolute atomic E-state index is 0.102. The molecular formula is C19H15F3N4O4S2. The highest BCUT2D eigenvalue weighted by molar-refractivity contribution is 8.00. The number of amides is 2. The molecule has 0 aliphatic rings. The van der Waals surface area contributed by atoms with Crippen molar-refractivity contribution in [3.8, 4) is 0 Å². The Bertz CT molecular complexity index is 1170. The Balaban J connectivity index is 1.44. The number of hydrogen-bond acceptors (Lipinski definition) is 8. The molecule has 1 aromatic carbocycles. The standard InChI is InChI=1S/C19H15F3N4O4S2/c1-9(30-14(28)7-32-19-10-4-5-31-18(10)24-8-25-19)17(29)23-6-13(27)26-12-3-2-11(20)15(21)16(12)22/h2-5,8-9H,6-7H2,1H3,(H,23,29)(H,26,27)/t9-/m0/s1. The monoisotopic (exact) mass is 484 g/mol. The summed E-state index contributed by atoms with van der Waals surface area (Å²) < 4.78 is 44.7. The fraction of sp³-hybridized carbons (Fsp3) is 0.211. The molecule has 2 amide bonds. The van der Waals surface area contributed by atoms with E-state index in [1.165, 1.54) is 24.6 Å². The van der Waals surface area contributed by atoms with Crippen LogP contribution in [0.5, 0.6) is 0 Å². The first-order valence-electron chi connectivity index (χ1n) is 8.97. The molecule has 0 spiro atoms. The van der Waals surface area contributed by atoms with Crippen LogP contribution in [0.2, 0.25) is 0 Å². The lowest BCUT2D eigenvalue weighted by Crippen LogP contribution is -2.40. The largest absolute Gasteiger partial charge is 0.452 e. The maximum atomic E-state index is 13.6. The second-order valence-corrected chi connectivity index (χ2v) is 8.09. The number of fused-ring (bicyclic) bond motifs is 1. The van der Waals surface area contributed by atoms with Crippen LogP contribution in [0.3, 0.4) is 0 Å². The zero-order valence-corrected chi connectivity index (χ0v) is 18.0. The van der Waals surface area contributed by atoms with E-state index in [1.807, 2.05) is 16.8 Å². The quantitative estimate of drug-likeness (QED) is 0.219. The molecule has 0 fully saturated rings. The van der Waals surface area contributed by atoms with Crippen molar-refractivity contribution in [2.45, 2.75) is 18.1 Å². The molecule has 3 aromatic rings. The Morgan fingerprint density at radius 3 is 2.72 bits per heavy atom. The van der Waals surface area contributed by atoms with Crippen LogP contribution in [-0.2, 0) is 19.1 Å². The summed E-state index contributed by atoms with van der Waals surface area (Å²) >= 11 is 2.57. The number of halogens is 3. The van der Waals surface area contributed by atoms with Crippen molar-refractivity contribution in [1.82, 2.24) is 15.3 Å². The lowest BCUT2D eigenvalue weighted by Gasteiger charge is -2.13. The highest BCUT2D eigenvalue weighted by Crippen LogP contribution is 2.27. The summed E-state index contributed by atoms with van der Waals surface area (Å²) in [6, 6.07) is 3.33. The van der Waals surface area contributed by atoms with Gasteiger partial charge in [-0.1, -0.05) is 11.8 Å². The van der Waals surface area contributed by atoms with Gasteiger partial charge in [0.15, 0.2) is 23.6 Å². The SMILES string of the molecule is C[C@H](OC(=O)CSc1ncnc2sccc12)C(=O)NCC(=O)Nc1ccc(F)c(F)c1F. The second-order valence-electron chi connectivity index (χ2n) is 6.23. The maximum Gasteiger partial charge on any atom is 0.317 e. The molecule has 0 bridgehead atoms. The third-order valence-electron chi connectivity index (χ3n) is 3.96. The van der Waals surface area contributed by atoms with Crippen LogP contribution < -0.4 is 10.6 Å². The van der Waals surface area contributed by atoms with Crippen LogP contribution >= 0.6 is 23.1 Å². The fourth-order valence-electron chi connectivity index (χ4n) is 2.42. The summed E-state index contributed by atoms with van der Waals surface area (Å²) in [5.41, 5.74) is -0.580. The second kappa shape index (κ2) is 10.4. The van der Waals surface area contributed by atoms with Crippen molar-refractivity contribution in [3.05, 3.63) is 47.4 Å². The number of rotatable bonds is 8. The molecule has 13 heteroatoms. The van der Waals surface area contributed by atoms with Gasteiger partial charge in [0, 0.05) is 5.39 Å².